The highest BCUT2D eigenvalue weighted by atomic mass is 16.7. The molecule has 0 saturated carbocycles. The molecule has 9 heteroatoms. The van der Waals surface area contributed by atoms with Gasteiger partial charge in [0.05, 0.1) is 25.4 Å². The zero-order chi connectivity index (χ0) is 45.9. The largest absolute Gasteiger partial charge is 0.394 e. The van der Waals surface area contributed by atoms with Crippen LogP contribution in [0.15, 0.2) is 24.3 Å². The van der Waals surface area contributed by atoms with Crippen LogP contribution in [0.1, 0.15) is 258 Å². The van der Waals surface area contributed by atoms with Crippen molar-refractivity contribution in [2.24, 2.45) is 0 Å². The van der Waals surface area contributed by atoms with Crippen molar-refractivity contribution in [1.82, 2.24) is 5.32 Å². The molecule has 1 aliphatic heterocycles. The third kappa shape index (κ3) is 34.6. The first kappa shape index (κ1) is 59.7. The topological polar surface area (TPSA) is 149 Å². The first-order valence-corrected chi connectivity index (χ1v) is 27.1. The van der Waals surface area contributed by atoms with E-state index in [0.29, 0.717) is 6.42 Å². The van der Waals surface area contributed by atoms with Gasteiger partial charge in [0, 0.05) is 6.42 Å². The van der Waals surface area contributed by atoms with Gasteiger partial charge in [-0.1, -0.05) is 244 Å². The molecule has 9 nitrogen and oxygen atoms in total. The third-order valence-corrected chi connectivity index (χ3v) is 13.0. The number of nitrogens with one attached hydrogen (secondary N) is 1. The lowest BCUT2D eigenvalue weighted by atomic mass is 9.99. The molecule has 0 aliphatic carbocycles. The summed E-state index contributed by atoms with van der Waals surface area (Å²) < 4.78 is 11.2. The van der Waals surface area contributed by atoms with Crippen LogP contribution in [0.3, 0.4) is 0 Å². The van der Waals surface area contributed by atoms with Crippen molar-refractivity contribution in [3.8, 4) is 0 Å². The summed E-state index contributed by atoms with van der Waals surface area (Å²) in [6, 6.07) is -0.816. The number of aliphatic hydroxyl groups is 5. The number of carbonyl (C=O) groups excluding carboxylic acids is 1. The van der Waals surface area contributed by atoms with E-state index in [9.17, 15) is 30.3 Å². The van der Waals surface area contributed by atoms with Gasteiger partial charge in [-0.2, -0.15) is 0 Å². The highest BCUT2D eigenvalue weighted by Gasteiger charge is 2.44. The number of rotatable bonds is 46. The van der Waals surface area contributed by atoms with Crippen molar-refractivity contribution in [3.05, 3.63) is 24.3 Å². The van der Waals surface area contributed by atoms with Gasteiger partial charge in [-0.3, -0.25) is 4.79 Å². The molecule has 7 atom stereocenters. The molecule has 1 rings (SSSR count). The Morgan fingerprint density at radius 3 is 1.33 bits per heavy atom. The van der Waals surface area contributed by atoms with E-state index in [1.807, 2.05) is 6.08 Å². The fourth-order valence-electron chi connectivity index (χ4n) is 8.70. The lowest BCUT2D eigenvalue weighted by molar-refractivity contribution is -0.302. The lowest BCUT2D eigenvalue weighted by Gasteiger charge is -2.40. The molecule has 63 heavy (non-hydrogen) atoms. The molecule has 0 radical (unpaired) electrons. The fourth-order valence-corrected chi connectivity index (χ4v) is 8.70. The maximum absolute atomic E-state index is 13.0. The molecule has 372 valence electrons. The van der Waals surface area contributed by atoms with Crippen LogP contribution in [0.2, 0.25) is 0 Å². The van der Waals surface area contributed by atoms with Crippen LogP contribution in [0.25, 0.3) is 0 Å². The summed E-state index contributed by atoms with van der Waals surface area (Å²) in [5.41, 5.74) is 0. The van der Waals surface area contributed by atoms with Gasteiger partial charge in [0.2, 0.25) is 5.91 Å². The Bertz CT molecular complexity index is 1040. The summed E-state index contributed by atoms with van der Waals surface area (Å²) in [5, 5.41) is 54.1. The summed E-state index contributed by atoms with van der Waals surface area (Å²) in [5.74, 6) is -0.185. The fraction of sp³-hybridized carbons (Fsp3) is 0.907. The van der Waals surface area contributed by atoms with E-state index < -0.39 is 49.5 Å². The van der Waals surface area contributed by atoms with E-state index in [1.165, 1.54) is 199 Å². The first-order valence-electron chi connectivity index (χ1n) is 27.1. The molecule has 1 heterocycles. The van der Waals surface area contributed by atoms with Crippen molar-refractivity contribution in [1.29, 1.82) is 0 Å². The van der Waals surface area contributed by atoms with E-state index in [4.69, 9.17) is 9.47 Å². The number of allylic oxidation sites excluding steroid dienone is 3. The van der Waals surface area contributed by atoms with E-state index >= 15 is 0 Å². The van der Waals surface area contributed by atoms with Crippen molar-refractivity contribution >= 4 is 5.91 Å². The van der Waals surface area contributed by atoms with Crippen LogP contribution >= 0.6 is 0 Å². The van der Waals surface area contributed by atoms with Crippen molar-refractivity contribution < 1.29 is 39.8 Å². The molecule has 7 unspecified atom stereocenters. The van der Waals surface area contributed by atoms with E-state index in [1.54, 1.807) is 6.08 Å². The zero-order valence-electron chi connectivity index (χ0n) is 41.1. The maximum atomic E-state index is 13.0. The molecule has 0 aromatic carbocycles. The summed E-state index contributed by atoms with van der Waals surface area (Å²) in [4.78, 5) is 13.0. The Balaban J connectivity index is 2.08. The minimum absolute atomic E-state index is 0.185. The molecular formula is C54H103NO8. The average molecular weight is 894 g/mol. The second kappa shape index (κ2) is 44.5. The normalized spacial score (nSPS) is 20.3. The van der Waals surface area contributed by atoms with Gasteiger partial charge in [0.25, 0.3) is 0 Å². The van der Waals surface area contributed by atoms with Gasteiger partial charge < -0.3 is 40.3 Å². The molecule has 1 fully saturated rings. The molecular weight excluding hydrogens is 791 g/mol. The smallest absolute Gasteiger partial charge is 0.220 e. The standard InChI is InChI=1S/C54H103NO8/c1-3-5-7-9-11-13-14-15-16-17-18-19-20-21-22-23-24-25-26-27-28-29-30-31-32-33-34-36-38-40-42-44-50(58)55-47(48(57)43-41-39-37-35-12-10-8-6-4-2)46-62-54-53(61)52(60)51(59)49(45-56)63-54/h12,35,41,43,47-49,51-54,56-57,59-61H,3-11,13-34,36-40,42,44-46H2,1-2H3,(H,55,58)/b35-12+,43-41+. The van der Waals surface area contributed by atoms with Crippen LogP contribution in [0.5, 0.6) is 0 Å². The van der Waals surface area contributed by atoms with Gasteiger partial charge in [-0.15, -0.1) is 0 Å². The van der Waals surface area contributed by atoms with Crippen molar-refractivity contribution in [3.63, 3.8) is 0 Å². The zero-order valence-corrected chi connectivity index (χ0v) is 41.1. The second-order valence-corrected chi connectivity index (χ2v) is 19.0. The predicted octanol–water partition coefficient (Wildman–Crippen LogP) is 12.6. The summed E-state index contributed by atoms with van der Waals surface area (Å²) in [6.07, 6.45) is 48.6. The van der Waals surface area contributed by atoms with Gasteiger partial charge in [-0.25, -0.2) is 0 Å². The maximum Gasteiger partial charge on any atom is 0.220 e. The van der Waals surface area contributed by atoms with Gasteiger partial charge >= 0.3 is 0 Å². The first-order chi connectivity index (χ1) is 30.8. The molecule has 0 spiro atoms. The van der Waals surface area contributed by atoms with Crippen molar-refractivity contribution in [2.45, 2.75) is 301 Å². The minimum atomic E-state index is -1.57. The molecule has 0 bridgehead atoms. The predicted molar refractivity (Wildman–Crippen MR) is 263 cm³/mol. The van der Waals surface area contributed by atoms with Crippen LogP contribution < -0.4 is 5.32 Å². The van der Waals surface area contributed by atoms with Gasteiger partial charge in [0.15, 0.2) is 6.29 Å². The molecule has 0 aromatic heterocycles. The van der Waals surface area contributed by atoms with E-state index in [0.717, 1.165) is 38.5 Å². The number of hydrogen-bond donors (Lipinski definition) is 6. The number of ether oxygens (including phenoxy) is 2. The number of amides is 1. The molecule has 1 saturated heterocycles. The van der Waals surface area contributed by atoms with Gasteiger partial charge in [0.1, 0.15) is 24.4 Å². The van der Waals surface area contributed by atoms with E-state index in [2.05, 4.69) is 31.3 Å². The quantitative estimate of drug-likeness (QED) is 0.0261. The number of unbranched alkanes of at least 4 members (excludes halogenated alkanes) is 34. The summed E-state index contributed by atoms with van der Waals surface area (Å²) >= 11 is 0. The van der Waals surface area contributed by atoms with Crippen LogP contribution in [0, 0.1) is 0 Å². The number of aliphatic hydroxyl groups excluding tert-OH is 5. The molecule has 1 amide bonds. The Kier molecular flexibility index (Phi) is 42.2. The van der Waals surface area contributed by atoms with Crippen LogP contribution in [-0.4, -0.2) is 87.5 Å². The molecule has 0 aromatic rings. The Labute approximate surface area is 388 Å². The summed E-state index contributed by atoms with van der Waals surface area (Å²) in [7, 11) is 0. The van der Waals surface area contributed by atoms with Crippen LogP contribution in [0.4, 0.5) is 0 Å². The Hall–Kier alpha value is -1.33. The van der Waals surface area contributed by atoms with E-state index in [-0.39, 0.29) is 12.5 Å². The number of hydrogen-bond acceptors (Lipinski definition) is 8. The third-order valence-electron chi connectivity index (χ3n) is 13.0. The second-order valence-electron chi connectivity index (χ2n) is 19.0. The molecule has 1 aliphatic rings. The van der Waals surface area contributed by atoms with Crippen molar-refractivity contribution in [2.75, 3.05) is 13.2 Å². The highest BCUT2D eigenvalue weighted by Crippen LogP contribution is 2.23. The lowest BCUT2D eigenvalue weighted by Crippen LogP contribution is -2.60. The Morgan fingerprint density at radius 2 is 0.905 bits per heavy atom. The monoisotopic (exact) mass is 894 g/mol. The average Bonchev–Trinajstić information content (AvgIpc) is 3.28. The SMILES string of the molecule is CCCCC/C=C/CC/C=C/C(O)C(COC1OC(CO)C(O)C(O)C1O)NC(=O)CCCCCCCCCCCCCCCCCCCCCCCCCCCCCCCCC. The minimum Gasteiger partial charge on any atom is -0.394 e. The molecule has 6 N–H and O–H groups in total. The van der Waals surface area contributed by atoms with Gasteiger partial charge in [-0.05, 0) is 32.1 Å². The highest BCUT2D eigenvalue weighted by molar-refractivity contribution is 5.76. The summed E-state index contributed by atoms with van der Waals surface area (Å²) in [6.45, 7) is 3.72. The Morgan fingerprint density at radius 1 is 0.524 bits per heavy atom. The number of carbonyl (C=O) groups is 1. The van der Waals surface area contributed by atoms with Crippen LogP contribution in [-0.2, 0) is 14.3 Å².